The van der Waals surface area contributed by atoms with Crippen molar-refractivity contribution in [2.45, 2.75) is 19.8 Å². The Hall–Kier alpha value is -3.96. The molecule has 0 atom stereocenters. The third-order valence-electron chi connectivity index (χ3n) is 6.76. The summed E-state index contributed by atoms with van der Waals surface area (Å²) in [4.78, 5) is 0. The van der Waals surface area contributed by atoms with E-state index in [-0.39, 0.29) is 0 Å². The van der Waals surface area contributed by atoms with Crippen LogP contribution in [0.3, 0.4) is 0 Å². The molecule has 0 aromatic heterocycles. The Morgan fingerprint density at radius 1 is 0.351 bits per heavy atom. The zero-order valence-electron chi connectivity index (χ0n) is 20.5. The van der Waals surface area contributed by atoms with Gasteiger partial charge in [0.1, 0.15) is 0 Å². The molecule has 6 aromatic carbocycles. The van der Waals surface area contributed by atoms with Crippen LogP contribution in [0.5, 0.6) is 0 Å². The highest BCUT2D eigenvalue weighted by atomic mass is 16.7. The fourth-order valence-electron chi connectivity index (χ4n) is 4.87. The molecule has 0 unspecified atom stereocenters. The van der Waals surface area contributed by atoms with E-state index in [9.17, 15) is 0 Å². The second kappa shape index (κ2) is 11.0. The third kappa shape index (κ3) is 5.28. The Kier molecular flexibility index (Phi) is 6.95. The number of hydrogen-bond acceptors (Lipinski definition) is 3. The van der Waals surface area contributed by atoms with Gasteiger partial charge >= 0.3 is 7.32 Å². The summed E-state index contributed by atoms with van der Waals surface area (Å²) < 4.78 is 18.8. The van der Waals surface area contributed by atoms with E-state index in [2.05, 4.69) is 127 Å². The quantitative estimate of drug-likeness (QED) is 0.195. The molecule has 0 saturated heterocycles. The smallest absolute Gasteiger partial charge is 0.382 e. The molecule has 0 heterocycles. The average Bonchev–Trinajstić information content (AvgIpc) is 2.96. The van der Waals surface area contributed by atoms with Crippen molar-refractivity contribution in [1.82, 2.24) is 0 Å². The average molecular weight is 482 g/mol. The predicted octanol–water partition coefficient (Wildman–Crippen LogP) is 8.08. The first kappa shape index (κ1) is 23.4. The largest absolute Gasteiger partial charge is 0.640 e. The molecule has 0 fully saturated rings. The van der Waals surface area contributed by atoms with Crippen molar-refractivity contribution in [3.05, 3.63) is 144 Å². The van der Waals surface area contributed by atoms with Gasteiger partial charge in [-0.3, -0.25) is 0 Å². The topological polar surface area (TPSA) is 27.7 Å². The molecular formula is C33H27BO3. The summed E-state index contributed by atoms with van der Waals surface area (Å²) in [6.45, 7) is 1.16. The van der Waals surface area contributed by atoms with Crippen LogP contribution in [0.25, 0.3) is 32.3 Å². The van der Waals surface area contributed by atoms with Crippen molar-refractivity contribution in [3.8, 4) is 0 Å². The van der Waals surface area contributed by atoms with Gasteiger partial charge in [0.25, 0.3) is 0 Å². The first-order chi connectivity index (χ1) is 18.3. The summed E-state index contributed by atoms with van der Waals surface area (Å²) in [5.41, 5.74) is 3.31. The van der Waals surface area contributed by atoms with Gasteiger partial charge in [-0.1, -0.05) is 127 Å². The van der Waals surface area contributed by atoms with Gasteiger partial charge in [0.05, 0.1) is 19.8 Å². The van der Waals surface area contributed by atoms with Crippen LogP contribution in [0.1, 0.15) is 16.7 Å². The molecule has 4 heteroatoms. The lowest BCUT2D eigenvalue weighted by atomic mass is 10.0. The SMILES string of the molecule is c1ccc2c(COB(OCc3cccc4ccccc34)OCc3cccc4ccccc34)cccc2c1. The first-order valence-electron chi connectivity index (χ1n) is 12.6. The number of hydrogen-bond donors (Lipinski definition) is 0. The minimum Gasteiger partial charge on any atom is -0.382 e. The van der Waals surface area contributed by atoms with Crippen molar-refractivity contribution in [3.63, 3.8) is 0 Å². The molecule has 0 aliphatic carbocycles. The minimum absolute atomic E-state index is 0.386. The van der Waals surface area contributed by atoms with Gasteiger partial charge in [0.2, 0.25) is 0 Å². The zero-order chi connectivity index (χ0) is 24.9. The predicted molar refractivity (Wildman–Crippen MR) is 152 cm³/mol. The Morgan fingerprint density at radius 2 is 0.649 bits per heavy atom. The molecule has 0 radical (unpaired) electrons. The highest BCUT2D eigenvalue weighted by molar-refractivity contribution is 6.36. The van der Waals surface area contributed by atoms with E-state index in [1.807, 2.05) is 0 Å². The molecule has 0 saturated carbocycles. The molecule has 6 aromatic rings. The molecule has 0 aliphatic rings. The Labute approximate surface area is 217 Å². The fourth-order valence-corrected chi connectivity index (χ4v) is 4.87. The van der Waals surface area contributed by atoms with Gasteiger partial charge in [-0.2, -0.15) is 0 Å². The molecular weight excluding hydrogens is 455 g/mol. The van der Waals surface area contributed by atoms with Crippen LogP contribution in [0, 0.1) is 0 Å². The molecule has 0 spiro atoms. The van der Waals surface area contributed by atoms with Crippen LogP contribution < -0.4 is 0 Å². The zero-order valence-corrected chi connectivity index (χ0v) is 20.5. The van der Waals surface area contributed by atoms with Gasteiger partial charge in [-0.05, 0) is 49.0 Å². The van der Waals surface area contributed by atoms with Gasteiger partial charge in [0, 0.05) is 0 Å². The van der Waals surface area contributed by atoms with Crippen LogP contribution >= 0.6 is 0 Å². The van der Waals surface area contributed by atoms with Gasteiger partial charge in [-0.15, -0.1) is 0 Å². The van der Waals surface area contributed by atoms with Crippen molar-refractivity contribution in [2.75, 3.05) is 0 Å². The Balaban J connectivity index is 1.23. The van der Waals surface area contributed by atoms with Crippen molar-refractivity contribution in [1.29, 1.82) is 0 Å². The van der Waals surface area contributed by atoms with Crippen molar-refractivity contribution >= 4 is 39.6 Å². The molecule has 37 heavy (non-hydrogen) atoms. The van der Waals surface area contributed by atoms with Crippen LogP contribution in [0.4, 0.5) is 0 Å². The second-order valence-electron chi connectivity index (χ2n) is 9.14. The number of fused-ring (bicyclic) bond motifs is 3. The monoisotopic (exact) mass is 482 g/mol. The summed E-state index contributed by atoms with van der Waals surface area (Å²) in [6, 6.07) is 43.8. The Morgan fingerprint density at radius 3 is 1.00 bits per heavy atom. The van der Waals surface area contributed by atoms with Gasteiger partial charge < -0.3 is 14.0 Å². The molecule has 0 amide bonds. The molecule has 0 bridgehead atoms. The summed E-state index contributed by atoms with van der Waals surface area (Å²) in [5, 5.41) is 7.08. The summed E-state index contributed by atoms with van der Waals surface area (Å²) in [6.07, 6.45) is 0. The fraction of sp³-hybridized carbons (Fsp3) is 0.0909. The first-order valence-corrected chi connectivity index (χ1v) is 12.6. The molecule has 3 nitrogen and oxygen atoms in total. The molecule has 6 rings (SSSR count). The molecule has 0 aliphatic heterocycles. The highest BCUT2D eigenvalue weighted by Crippen LogP contribution is 2.23. The summed E-state index contributed by atoms with van der Waals surface area (Å²) in [7, 11) is -0.822. The maximum Gasteiger partial charge on any atom is 0.640 e. The van der Waals surface area contributed by atoms with Gasteiger partial charge in [-0.25, -0.2) is 0 Å². The normalized spacial score (nSPS) is 11.4. The van der Waals surface area contributed by atoms with E-state index in [0.717, 1.165) is 16.7 Å². The van der Waals surface area contributed by atoms with E-state index < -0.39 is 7.32 Å². The van der Waals surface area contributed by atoms with Crippen molar-refractivity contribution < 1.29 is 14.0 Å². The molecule has 180 valence electrons. The van der Waals surface area contributed by atoms with E-state index in [0.29, 0.717) is 19.8 Å². The minimum atomic E-state index is -0.822. The summed E-state index contributed by atoms with van der Waals surface area (Å²) >= 11 is 0. The number of benzene rings is 6. The van der Waals surface area contributed by atoms with Crippen LogP contribution in [0.15, 0.2) is 127 Å². The lowest BCUT2D eigenvalue weighted by molar-refractivity contribution is 0.0775. The van der Waals surface area contributed by atoms with Crippen LogP contribution in [-0.4, -0.2) is 7.32 Å². The lowest BCUT2D eigenvalue weighted by Crippen LogP contribution is -2.27. The highest BCUT2D eigenvalue weighted by Gasteiger charge is 2.23. The third-order valence-corrected chi connectivity index (χ3v) is 6.76. The maximum absolute atomic E-state index is 6.26. The molecule has 0 N–H and O–H groups in total. The van der Waals surface area contributed by atoms with E-state index in [1.54, 1.807) is 0 Å². The van der Waals surface area contributed by atoms with Crippen LogP contribution in [-0.2, 0) is 33.8 Å². The second-order valence-corrected chi connectivity index (χ2v) is 9.14. The number of rotatable bonds is 9. The van der Waals surface area contributed by atoms with Crippen LogP contribution in [0.2, 0.25) is 0 Å². The van der Waals surface area contributed by atoms with Crippen molar-refractivity contribution in [2.24, 2.45) is 0 Å². The van der Waals surface area contributed by atoms with E-state index in [4.69, 9.17) is 14.0 Å². The Bertz CT molecular complexity index is 1450. The summed E-state index contributed by atoms with van der Waals surface area (Å²) in [5.74, 6) is 0. The maximum atomic E-state index is 6.26. The van der Waals surface area contributed by atoms with E-state index >= 15 is 0 Å². The van der Waals surface area contributed by atoms with E-state index in [1.165, 1.54) is 32.3 Å². The standard InChI is InChI=1S/C33H27BO3/c1-4-19-31-25(10-1)13-7-16-28(31)22-35-34(36-23-29-17-8-14-26-11-2-5-20-32(26)29)37-24-30-18-9-15-27-12-3-6-21-33(27)30/h1-21H,22-24H2. The van der Waals surface area contributed by atoms with Gasteiger partial charge in [0.15, 0.2) is 0 Å². The lowest BCUT2D eigenvalue weighted by Gasteiger charge is -2.17.